The molecule has 5 N–H and O–H groups in total. The number of carboxylic acid groups (broad SMARTS) is 1. The summed E-state index contributed by atoms with van der Waals surface area (Å²) < 4.78 is 0. The van der Waals surface area contributed by atoms with Crippen LogP contribution in [-0.4, -0.2) is 55.8 Å². The maximum absolute atomic E-state index is 11.3. The lowest BCUT2D eigenvalue weighted by atomic mass is 9.91. The van der Waals surface area contributed by atoms with Gasteiger partial charge < -0.3 is 26.0 Å². The van der Waals surface area contributed by atoms with Crippen LogP contribution in [0.1, 0.15) is 12.0 Å². The normalized spacial score (nSPS) is 22.9. The second-order valence-corrected chi connectivity index (χ2v) is 10.5. The summed E-state index contributed by atoms with van der Waals surface area (Å²) in [5.74, 6) is 1.73. The molecule has 3 aromatic heterocycles. The van der Waals surface area contributed by atoms with E-state index >= 15 is 0 Å². The fraction of sp³-hybridized carbons (Fsp3) is 0.292. The van der Waals surface area contributed by atoms with Gasteiger partial charge in [0.1, 0.15) is 10.8 Å². The zero-order valence-electron chi connectivity index (χ0n) is 19.1. The summed E-state index contributed by atoms with van der Waals surface area (Å²) in [5, 5.41) is 13.0. The molecule has 3 atom stereocenters. The Kier molecular flexibility index (Phi) is 5.60. The van der Waals surface area contributed by atoms with Crippen molar-refractivity contribution < 1.29 is 9.90 Å². The average Bonchev–Trinajstić information content (AvgIpc) is 3.33. The number of nitrogens with two attached hydrogens (primary N) is 1. The number of nitrogens with one attached hydrogen (secondary N) is 2. The Bertz CT molecular complexity index is 1450. The summed E-state index contributed by atoms with van der Waals surface area (Å²) in [6.07, 6.45) is 3.22. The highest BCUT2D eigenvalue weighted by Gasteiger charge is 2.66. The van der Waals surface area contributed by atoms with Crippen LogP contribution in [0.25, 0.3) is 11.3 Å². The van der Waals surface area contributed by atoms with E-state index in [0.717, 1.165) is 30.4 Å². The first kappa shape index (κ1) is 22.9. The lowest BCUT2D eigenvalue weighted by molar-refractivity contribution is 0.193. The molecule has 1 aliphatic heterocycles. The molecule has 1 saturated heterocycles. The van der Waals surface area contributed by atoms with Crippen molar-refractivity contribution in [3.63, 3.8) is 0 Å². The third kappa shape index (κ3) is 3.88. The van der Waals surface area contributed by atoms with Crippen molar-refractivity contribution in [1.82, 2.24) is 30.2 Å². The zero-order valence-corrected chi connectivity index (χ0v) is 20.6. The van der Waals surface area contributed by atoms with Crippen molar-refractivity contribution >= 4 is 52.5 Å². The van der Waals surface area contributed by atoms with Gasteiger partial charge in [-0.2, -0.15) is 4.98 Å². The van der Waals surface area contributed by atoms with E-state index in [1.807, 2.05) is 18.2 Å². The van der Waals surface area contributed by atoms with Gasteiger partial charge in [-0.05, 0) is 29.9 Å². The number of imidazole rings is 1. The minimum atomic E-state index is -0.996. The minimum absolute atomic E-state index is 0.202. The number of piperidine rings is 1. The molecule has 1 saturated carbocycles. The van der Waals surface area contributed by atoms with Crippen molar-refractivity contribution in [3.05, 3.63) is 59.4 Å². The van der Waals surface area contributed by atoms with Crippen LogP contribution in [0.15, 0.2) is 58.7 Å². The third-order valence-corrected chi connectivity index (χ3v) is 8.71. The predicted octanol–water partition coefficient (Wildman–Crippen LogP) is 3.80. The van der Waals surface area contributed by atoms with Gasteiger partial charge in [-0.3, -0.25) is 0 Å². The molecule has 12 heteroatoms. The summed E-state index contributed by atoms with van der Waals surface area (Å²) >= 11 is 7.63. The third-order valence-electron chi connectivity index (χ3n) is 7.24. The number of H-pyrrole nitrogens is 1. The second-order valence-electron chi connectivity index (χ2n) is 9.06. The van der Waals surface area contributed by atoms with Gasteiger partial charge in [-0.25, -0.2) is 19.7 Å². The quantitative estimate of drug-likeness (QED) is 0.297. The van der Waals surface area contributed by atoms with Gasteiger partial charge in [-0.1, -0.05) is 53.7 Å². The van der Waals surface area contributed by atoms with Crippen molar-refractivity contribution in [2.75, 3.05) is 30.3 Å². The molecule has 10 nitrogen and oxygen atoms in total. The van der Waals surface area contributed by atoms with E-state index in [9.17, 15) is 9.90 Å². The molecule has 1 aliphatic carbocycles. The predicted molar refractivity (Wildman–Crippen MR) is 137 cm³/mol. The molecule has 4 heterocycles. The van der Waals surface area contributed by atoms with Crippen LogP contribution >= 0.6 is 23.4 Å². The average molecular weight is 523 g/mol. The number of benzene rings is 1. The highest BCUT2D eigenvalue weighted by Crippen LogP contribution is 2.63. The number of anilines is 2. The highest BCUT2D eigenvalue weighted by molar-refractivity contribution is 7.99. The molecule has 0 bridgehead atoms. The number of nitrogen functional groups attached to an aromatic ring is 1. The van der Waals surface area contributed by atoms with E-state index in [1.165, 1.54) is 17.3 Å². The lowest BCUT2D eigenvalue weighted by Gasteiger charge is -2.25. The lowest BCUT2D eigenvalue weighted by Crippen LogP contribution is -2.34. The molecule has 0 spiro atoms. The molecule has 6 rings (SSSR count). The van der Waals surface area contributed by atoms with Crippen molar-refractivity contribution in [3.8, 4) is 0 Å². The van der Waals surface area contributed by atoms with Crippen LogP contribution in [0.3, 0.4) is 0 Å². The van der Waals surface area contributed by atoms with E-state index in [0.29, 0.717) is 39.7 Å². The van der Waals surface area contributed by atoms with Gasteiger partial charge in [0.25, 0.3) is 0 Å². The van der Waals surface area contributed by atoms with Gasteiger partial charge in [0.15, 0.2) is 11.3 Å². The van der Waals surface area contributed by atoms with E-state index in [1.54, 1.807) is 18.5 Å². The van der Waals surface area contributed by atoms with Gasteiger partial charge in [0, 0.05) is 36.1 Å². The number of aromatic amines is 1. The van der Waals surface area contributed by atoms with Gasteiger partial charge >= 0.3 is 6.09 Å². The van der Waals surface area contributed by atoms with Crippen molar-refractivity contribution in [2.45, 2.75) is 21.8 Å². The first-order valence-electron chi connectivity index (χ1n) is 11.5. The smallest absolute Gasteiger partial charge is 0.404 e. The molecule has 1 amide bonds. The number of aromatic nitrogens is 5. The van der Waals surface area contributed by atoms with Gasteiger partial charge in [0.05, 0.1) is 11.2 Å². The van der Waals surface area contributed by atoms with Crippen LogP contribution in [0.2, 0.25) is 5.02 Å². The molecular formula is C24H23ClN8O2S. The van der Waals surface area contributed by atoms with Crippen LogP contribution in [0.5, 0.6) is 0 Å². The van der Waals surface area contributed by atoms with Crippen molar-refractivity contribution in [2.24, 2.45) is 11.8 Å². The standard InChI is InChI=1S/C24H23ClN8O2S/c25-18-16(6-8-27-19(18)26)36-17-10-28-20-21(30-17)32-22(31-20)33-9-7-14-15(11-33)24(14,12-29-23(34)35)13-4-2-1-3-5-13/h1-6,8,10,14-15,29H,7,9,11-12H2,(H2,26,27)(H,34,35)(H,28,30,31,32). The Hall–Kier alpha value is -3.57. The summed E-state index contributed by atoms with van der Waals surface area (Å²) in [4.78, 5) is 35.4. The fourth-order valence-corrected chi connectivity index (χ4v) is 6.55. The Morgan fingerprint density at radius 2 is 2.08 bits per heavy atom. The van der Waals surface area contributed by atoms with Crippen LogP contribution in [-0.2, 0) is 5.41 Å². The number of pyridine rings is 1. The minimum Gasteiger partial charge on any atom is -0.465 e. The van der Waals surface area contributed by atoms with E-state index in [4.69, 9.17) is 17.3 Å². The molecule has 0 radical (unpaired) electrons. The first-order chi connectivity index (χ1) is 17.5. The Morgan fingerprint density at radius 3 is 2.89 bits per heavy atom. The van der Waals surface area contributed by atoms with E-state index in [-0.39, 0.29) is 11.2 Å². The second kappa shape index (κ2) is 8.82. The molecular weight excluding hydrogens is 500 g/mol. The molecule has 184 valence electrons. The molecule has 1 aromatic carbocycles. The summed E-state index contributed by atoms with van der Waals surface area (Å²) in [7, 11) is 0. The number of nitrogens with zero attached hydrogens (tertiary/aromatic N) is 5. The van der Waals surface area contributed by atoms with Crippen molar-refractivity contribution in [1.29, 1.82) is 0 Å². The largest absolute Gasteiger partial charge is 0.465 e. The van der Waals surface area contributed by atoms with Crippen LogP contribution in [0, 0.1) is 11.8 Å². The van der Waals surface area contributed by atoms with Gasteiger partial charge in [-0.15, -0.1) is 0 Å². The Balaban J connectivity index is 1.23. The molecule has 2 aliphatic rings. The number of carbonyl (C=O) groups is 1. The number of hydrogen-bond acceptors (Lipinski definition) is 8. The molecule has 2 fully saturated rings. The first-order valence-corrected chi connectivity index (χ1v) is 12.7. The topological polar surface area (TPSA) is 146 Å². The number of hydrogen-bond donors (Lipinski definition) is 4. The molecule has 4 aromatic rings. The highest BCUT2D eigenvalue weighted by atomic mass is 35.5. The SMILES string of the molecule is Nc1nccc(Sc2cnc3nc(N4CCC5C(C4)C5(CNC(=O)O)c4ccccc4)[nH]c3n2)c1Cl. The van der Waals surface area contributed by atoms with E-state index in [2.05, 4.69) is 47.3 Å². The molecule has 36 heavy (non-hydrogen) atoms. The fourth-order valence-electron chi connectivity index (χ4n) is 5.53. The van der Waals surface area contributed by atoms with Gasteiger partial charge in [0.2, 0.25) is 5.95 Å². The monoisotopic (exact) mass is 522 g/mol. The Labute approximate surface area is 215 Å². The number of halogens is 1. The zero-order chi connectivity index (χ0) is 24.9. The molecule has 3 unspecified atom stereocenters. The number of amides is 1. The maximum atomic E-state index is 11.3. The summed E-state index contributed by atoms with van der Waals surface area (Å²) in [6, 6.07) is 12.0. The number of rotatable bonds is 6. The maximum Gasteiger partial charge on any atom is 0.404 e. The van der Waals surface area contributed by atoms with E-state index < -0.39 is 6.09 Å². The van der Waals surface area contributed by atoms with Crippen LogP contribution < -0.4 is 16.0 Å². The Morgan fingerprint density at radius 1 is 1.25 bits per heavy atom. The summed E-state index contributed by atoms with van der Waals surface area (Å²) in [6.45, 7) is 1.99. The summed E-state index contributed by atoms with van der Waals surface area (Å²) in [5.41, 5.74) is 7.91. The van der Waals surface area contributed by atoms with Crippen LogP contribution in [0.4, 0.5) is 16.6 Å². The number of fused-ring (bicyclic) bond motifs is 2.